The van der Waals surface area contributed by atoms with Crippen LogP contribution >= 0.6 is 0 Å². The predicted octanol–water partition coefficient (Wildman–Crippen LogP) is 2.20. The molecule has 0 amide bonds. The van der Waals surface area contributed by atoms with Gasteiger partial charge in [0, 0.05) is 17.8 Å². The van der Waals surface area contributed by atoms with Gasteiger partial charge in [-0.3, -0.25) is 9.59 Å². The fraction of sp³-hybridized carbons (Fsp3) is 0.571. The van der Waals surface area contributed by atoms with Crippen molar-refractivity contribution in [1.29, 1.82) is 0 Å². The van der Waals surface area contributed by atoms with Gasteiger partial charge < -0.3 is 0 Å². The molecular weight excluding hydrogens is 238 g/mol. The van der Waals surface area contributed by atoms with E-state index in [4.69, 9.17) is 0 Å². The lowest BCUT2D eigenvalue weighted by atomic mass is 9.51. The number of ketones is 2. The molecule has 0 saturated heterocycles. The van der Waals surface area contributed by atoms with Gasteiger partial charge in [-0.25, -0.2) is 8.78 Å². The quantitative estimate of drug-likeness (QED) is 0.619. The predicted molar refractivity (Wildman–Crippen MR) is 61.3 cm³/mol. The maximum Gasteiger partial charge on any atom is 0.192 e. The van der Waals surface area contributed by atoms with Crippen LogP contribution in [0.4, 0.5) is 8.78 Å². The third kappa shape index (κ3) is 1.16. The molecule has 4 rings (SSSR count). The molecule has 4 aliphatic rings. The van der Waals surface area contributed by atoms with E-state index in [-0.39, 0.29) is 0 Å². The third-order valence-electron chi connectivity index (χ3n) is 4.73. The summed E-state index contributed by atoms with van der Waals surface area (Å²) < 4.78 is 29.1. The topological polar surface area (TPSA) is 34.1 Å². The van der Waals surface area contributed by atoms with Crippen LogP contribution in [0.1, 0.15) is 13.8 Å². The van der Waals surface area contributed by atoms with Gasteiger partial charge in [-0.2, -0.15) is 0 Å². The highest BCUT2D eigenvalue weighted by molar-refractivity contribution is 6.00. The molecule has 18 heavy (non-hydrogen) atoms. The van der Waals surface area contributed by atoms with Crippen LogP contribution in [-0.4, -0.2) is 22.9 Å². The van der Waals surface area contributed by atoms with Gasteiger partial charge in [-0.15, -0.1) is 0 Å². The molecule has 4 heteroatoms. The molecule has 0 spiro atoms. The molecule has 0 aromatic rings. The molecule has 0 aromatic carbocycles. The Kier molecular flexibility index (Phi) is 2.07. The zero-order chi connectivity index (χ0) is 13.3. The molecule has 1 fully saturated rings. The minimum atomic E-state index is -2.10. The van der Waals surface area contributed by atoms with Gasteiger partial charge in [-0.1, -0.05) is 18.2 Å². The summed E-state index contributed by atoms with van der Waals surface area (Å²) in [7, 11) is 0. The minimum absolute atomic E-state index is 0.399. The Balaban J connectivity index is 2.17. The zero-order valence-electron chi connectivity index (χ0n) is 10.2. The van der Waals surface area contributed by atoms with Crippen molar-refractivity contribution in [2.45, 2.75) is 25.2 Å². The molecule has 0 heterocycles. The molecule has 6 atom stereocenters. The molecule has 2 nitrogen and oxygen atoms in total. The van der Waals surface area contributed by atoms with Crippen molar-refractivity contribution < 1.29 is 18.4 Å². The van der Waals surface area contributed by atoms with Crippen molar-refractivity contribution in [3.63, 3.8) is 0 Å². The molecule has 4 aliphatic carbocycles. The highest BCUT2D eigenvalue weighted by Gasteiger charge is 2.64. The maximum absolute atomic E-state index is 14.6. The number of carbonyl (C=O) groups is 2. The molecule has 0 aliphatic heterocycles. The van der Waals surface area contributed by atoms with Gasteiger partial charge in [-0.05, 0) is 25.8 Å². The number of halogens is 2. The second-order valence-corrected chi connectivity index (χ2v) is 5.78. The molecular formula is C14H14F2O2. The number of allylic oxidation sites excluding steroid dienone is 4. The van der Waals surface area contributed by atoms with Crippen LogP contribution in [0.3, 0.4) is 0 Å². The SMILES string of the molecule is C[C@]1(F)C(=O)C=C[C@@H]2[C@H]1[C@@H]1C=C[C@H]2C(=O)[C@]1(C)F. The fourth-order valence-electron chi connectivity index (χ4n) is 3.68. The lowest BCUT2D eigenvalue weighted by Crippen LogP contribution is -2.63. The van der Waals surface area contributed by atoms with Gasteiger partial charge in [0.05, 0.1) is 0 Å². The van der Waals surface area contributed by atoms with Crippen LogP contribution in [0.25, 0.3) is 0 Å². The highest BCUT2D eigenvalue weighted by atomic mass is 19.1. The maximum atomic E-state index is 14.6. The van der Waals surface area contributed by atoms with Gasteiger partial charge in [0.15, 0.2) is 22.9 Å². The van der Waals surface area contributed by atoms with Gasteiger partial charge in [0.25, 0.3) is 0 Å². The average Bonchev–Trinajstić information content (AvgIpc) is 2.30. The molecule has 0 radical (unpaired) electrons. The summed E-state index contributed by atoms with van der Waals surface area (Å²) >= 11 is 0. The van der Waals surface area contributed by atoms with Gasteiger partial charge in [0.2, 0.25) is 0 Å². The average molecular weight is 252 g/mol. The first-order chi connectivity index (χ1) is 8.28. The normalized spacial score (nSPS) is 53.8. The molecule has 0 aromatic heterocycles. The summed E-state index contributed by atoms with van der Waals surface area (Å²) in [4.78, 5) is 23.6. The zero-order valence-corrected chi connectivity index (χ0v) is 10.2. The van der Waals surface area contributed by atoms with Crippen LogP contribution in [0.5, 0.6) is 0 Å². The van der Waals surface area contributed by atoms with E-state index in [1.54, 1.807) is 18.2 Å². The second-order valence-electron chi connectivity index (χ2n) is 5.78. The number of hydrogen-bond acceptors (Lipinski definition) is 2. The summed E-state index contributed by atoms with van der Waals surface area (Å²) in [5, 5.41) is 0. The summed E-state index contributed by atoms with van der Waals surface area (Å²) in [6.45, 7) is 2.40. The van der Waals surface area contributed by atoms with E-state index in [2.05, 4.69) is 0 Å². The summed E-state index contributed by atoms with van der Waals surface area (Å²) in [5.41, 5.74) is -4.17. The third-order valence-corrected chi connectivity index (χ3v) is 4.73. The van der Waals surface area contributed by atoms with Crippen LogP contribution < -0.4 is 0 Å². The van der Waals surface area contributed by atoms with Crippen LogP contribution in [-0.2, 0) is 9.59 Å². The molecule has 96 valence electrons. The van der Waals surface area contributed by atoms with E-state index in [1.165, 1.54) is 19.9 Å². The van der Waals surface area contributed by atoms with E-state index < -0.39 is 46.6 Å². The molecule has 0 unspecified atom stereocenters. The van der Waals surface area contributed by atoms with Crippen molar-refractivity contribution in [2.75, 3.05) is 0 Å². The van der Waals surface area contributed by atoms with E-state index in [9.17, 15) is 18.4 Å². The Morgan fingerprint density at radius 3 is 2.39 bits per heavy atom. The van der Waals surface area contributed by atoms with Gasteiger partial charge >= 0.3 is 0 Å². The number of Topliss-reactive ketones (excluding diaryl/α,β-unsaturated/α-hetero) is 1. The van der Waals surface area contributed by atoms with E-state index in [0.29, 0.717) is 0 Å². The molecule has 1 saturated carbocycles. The Hall–Kier alpha value is -1.32. The Morgan fingerprint density at radius 2 is 1.72 bits per heavy atom. The van der Waals surface area contributed by atoms with Crippen molar-refractivity contribution in [3.05, 3.63) is 24.3 Å². The highest BCUT2D eigenvalue weighted by Crippen LogP contribution is 2.56. The fourth-order valence-corrected chi connectivity index (χ4v) is 3.68. The molecule has 2 bridgehead atoms. The van der Waals surface area contributed by atoms with E-state index in [1.807, 2.05) is 0 Å². The minimum Gasteiger partial charge on any atom is -0.295 e. The summed E-state index contributed by atoms with van der Waals surface area (Å²) in [6, 6.07) is 0. The number of rotatable bonds is 0. The lowest BCUT2D eigenvalue weighted by molar-refractivity contribution is -0.157. The van der Waals surface area contributed by atoms with Crippen LogP contribution in [0.15, 0.2) is 24.3 Å². The largest absolute Gasteiger partial charge is 0.295 e. The van der Waals surface area contributed by atoms with E-state index >= 15 is 0 Å². The first kappa shape index (κ1) is 11.8. The summed E-state index contributed by atoms with van der Waals surface area (Å²) in [5.74, 6) is -3.81. The number of fused-ring (bicyclic) bond motifs is 1. The monoisotopic (exact) mass is 252 g/mol. The standard InChI is InChI=1S/C14H14F2O2/c1-13(15)9-5-3-8(12(13)18)7-4-6-10(17)14(2,16)11(7)9/h3-9,11H,1-2H3/t7-,8+,9-,11-,13+,14-/m0/s1. The van der Waals surface area contributed by atoms with E-state index in [0.717, 1.165) is 0 Å². The first-order valence-electron chi connectivity index (χ1n) is 6.11. The number of carbonyl (C=O) groups excluding carboxylic acids is 2. The Labute approximate surface area is 104 Å². The second kappa shape index (κ2) is 3.16. The Morgan fingerprint density at radius 1 is 1.06 bits per heavy atom. The van der Waals surface area contributed by atoms with Gasteiger partial charge in [0.1, 0.15) is 0 Å². The van der Waals surface area contributed by atoms with Crippen LogP contribution in [0, 0.1) is 23.7 Å². The van der Waals surface area contributed by atoms with Crippen molar-refractivity contribution in [3.8, 4) is 0 Å². The lowest BCUT2D eigenvalue weighted by Gasteiger charge is -2.53. The van der Waals surface area contributed by atoms with Crippen molar-refractivity contribution in [1.82, 2.24) is 0 Å². The van der Waals surface area contributed by atoms with Crippen LogP contribution in [0.2, 0.25) is 0 Å². The molecule has 0 N–H and O–H groups in total. The number of alkyl halides is 2. The smallest absolute Gasteiger partial charge is 0.192 e. The van der Waals surface area contributed by atoms with Crippen molar-refractivity contribution >= 4 is 11.6 Å². The number of hydrogen-bond donors (Lipinski definition) is 0. The Bertz CT molecular complexity index is 502. The summed E-state index contributed by atoms with van der Waals surface area (Å²) in [6.07, 6.45) is 5.99. The first-order valence-corrected chi connectivity index (χ1v) is 6.11. The van der Waals surface area contributed by atoms with Crippen molar-refractivity contribution in [2.24, 2.45) is 23.7 Å².